The predicted octanol–water partition coefficient (Wildman–Crippen LogP) is 5.23. The number of aromatic nitrogens is 2. The zero-order valence-corrected chi connectivity index (χ0v) is 16.2. The van der Waals surface area contributed by atoms with Crippen LogP contribution in [0.25, 0.3) is 11.3 Å². The normalized spacial score (nSPS) is 10.8. The topological polar surface area (TPSA) is 49.0 Å². The predicted molar refractivity (Wildman–Crippen MR) is 106 cm³/mol. The number of carbonyl (C=O) groups excluding carboxylic acids is 1. The first kappa shape index (κ1) is 19.4. The van der Waals surface area contributed by atoms with Crippen molar-refractivity contribution in [3.05, 3.63) is 75.7 Å². The van der Waals surface area contributed by atoms with Gasteiger partial charge in [0.05, 0.1) is 16.3 Å². The van der Waals surface area contributed by atoms with E-state index in [-0.39, 0.29) is 11.7 Å². The van der Waals surface area contributed by atoms with Gasteiger partial charge in [0.1, 0.15) is 5.82 Å². The van der Waals surface area contributed by atoms with Gasteiger partial charge >= 0.3 is 0 Å². The lowest BCUT2D eigenvalue weighted by atomic mass is 10.1. The molecule has 140 valence electrons. The molecule has 0 saturated heterocycles. The van der Waals surface area contributed by atoms with Crippen molar-refractivity contribution in [1.29, 1.82) is 0 Å². The molecule has 0 fully saturated rings. The van der Waals surface area contributed by atoms with E-state index in [4.69, 9.17) is 23.2 Å². The molecule has 0 unspecified atom stereocenters. The van der Waals surface area contributed by atoms with E-state index in [9.17, 15) is 9.18 Å². The van der Waals surface area contributed by atoms with Crippen molar-refractivity contribution in [2.24, 2.45) is 0 Å². The van der Waals surface area contributed by atoms with E-state index in [1.807, 2.05) is 6.07 Å². The number of nitrogens with one attached hydrogen (secondary N) is 1. The van der Waals surface area contributed by atoms with Gasteiger partial charge in [-0.2, -0.15) is 5.10 Å². The summed E-state index contributed by atoms with van der Waals surface area (Å²) in [6.45, 7) is 0.572. The number of aryl methyl sites for hydroxylation is 1. The number of amides is 1. The molecule has 0 aliphatic rings. The average molecular weight is 406 g/mol. The van der Waals surface area contributed by atoms with Gasteiger partial charge < -0.3 is 4.90 Å². The number of hydrogen-bond donors (Lipinski definition) is 1. The Balaban J connectivity index is 1.55. The van der Waals surface area contributed by atoms with Gasteiger partial charge in [-0.15, -0.1) is 0 Å². The van der Waals surface area contributed by atoms with E-state index >= 15 is 0 Å². The van der Waals surface area contributed by atoms with Crippen LogP contribution in [0.5, 0.6) is 0 Å². The molecule has 0 radical (unpaired) electrons. The minimum Gasteiger partial charge on any atom is -0.342 e. The molecule has 27 heavy (non-hydrogen) atoms. The van der Waals surface area contributed by atoms with Crippen molar-refractivity contribution in [2.75, 3.05) is 13.6 Å². The molecule has 0 aliphatic carbocycles. The number of rotatable bonds is 6. The third-order valence-electron chi connectivity index (χ3n) is 4.22. The molecule has 0 aliphatic heterocycles. The highest BCUT2D eigenvalue weighted by molar-refractivity contribution is 6.36. The Morgan fingerprint density at radius 1 is 1.15 bits per heavy atom. The summed E-state index contributed by atoms with van der Waals surface area (Å²) in [5.41, 5.74) is 3.01. The minimum atomic E-state index is -0.275. The zero-order chi connectivity index (χ0) is 19.4. The van der Waals surface area contributed by atoms with Crippen LogP contribution in [0.1, 0.15) is 22.5 Å². The van der Waals surface area contributed by atoms with E-state index < -0.39 is 0 Å². The highest BCUT2D eigenvalue weighted by Crippen LogP contribution is 2.22. The Labute approximate surface area is 166 Å². The fourth-order valence-corrected chi connectivity index (χ4v) is 3.22. The Bertz CT molecular complexity index is 941. The summed E-state index contributed by atoms with van der Waals surface area (Å²) in [6, 6.07) is 13.0. The number of aromatic amines is 1. The van der Waals surface area contributed by atoms with Gasteiger partial charge in [-0.1, -0.05) is 23.2 Å². The fraction of sp³-hybridized carbons (Fsp3) is 0.200. The number of H-pyrrole nitrogens is 1. The Kier molecular flexibility index (Phi) is 6.14. The molecule has 3 aromatic rings. The van der Waals surface area contributed by atoms with Gasteiger partial charge in [0.2, 0.25) is 0 Å². The standard InChI is InChI=1S/C20H18Cl2FN3O/c1-26(20(27)17-9-6-14(21)11-18(17)22)10-2-3-16-12-19(25-24-16)13-4-7-15(23)8-5-13/h4-9,11-12H,2-3,10H2,1H3,(H,24,25). The van der Waals surface area contributed by atoms with Crippen LogP contribution in [0, 0.1) is 5.82 Å². The Hall–Kier alpha value is -2.37. The van der Waals surface area contributed by atoms with Crippen LogP contribution in [-0.4, -0.2) is 34.6 Å². The summed E-state index contributed by atoms with van der Waals surface area (Å²) >= 11 is 12.0. The number of halogens is 3. The lowest BCUT2D eigenvalue weighted by Crippen LogP contribution is -2.28. The van der Waals surface area contributed by atoms with Crippen molar-refractivity contribution < 1.29 is 9.18 Å². The molecule has 0 spiro atoms. The molecule has 7 heteroatoms. The van der Waals surface area contributed by atoms with Crippen LogP contribution in [0.15, 0.2) is 48.5 Å². The van der Waals surface area contributed by atoms with Gasteiger partial charge in [-0.25, -0.2) is 4.39 Å². The van der Waals surface area contributed by atoms with Crippen molar-refractivity contribution >= 4 is 29.1 Å². The number of hydrogen-bond acceptors (Lipinski definition) is 2. The molecule has 4 nitrogen and oxygen atoms in total. The molecule has 0 bridgehead atoms. The molecule has 1 N–H and O–H groups in total. The summed E-state index contributed by atoms with van der Waals surface area (Å²) in [5.74, 6) is -0.420. The highest BCUT2D eigenvalue weighted by Gasteiger charge is 2.15. The number of carbonyl (C=O) groups is 1. The van der Waals surface area contributed by atoms with Crippen molar-refractivity contribution in [3.8, 4) is 11.3 Å². The lowest BCUT2D eigenvalue weighted by molar-refractivity contribution is 0.0793. The highest BCUT2D eigenvalue weighted by atomic mass is 35.5. The van der Waals surface area contributed by atoms with Gasteiger partial charge in [0.15, 0.2) is 0 Å². The molecule has 2 aromatic carbocycles. The molecular weight excluding hydrogens is 388 g/mol. The smallest absolute Gasteiger partial charge is 0.255 e. The maximum atomic E-state index is 13.0. The minimum absolute atomic E-state index is 0.145. The monoisotopic (exact) mass is 405 g/mol. The van der Waals surface area contributed by atoms with Gasteiger partial charge in [0.25, 0.3) is 5.91 Å². The quantitative estimate of drug-likeness (QED) is 0.610. The summed E-state index contributed by atoms with van der Waals surface area (Å²) in [6.07, 6.45) is 1.50. The molecular formula is C20H18Cl2FN3O. The van der Waals surface area contributed by atoms with Gasteiger partial charge in [-0.05, 0) is 61.4 Å². The van der Waals surface area contributed by atoms with Crippen molar-refractivity contribution in [3.63, 3.8) is 0 Å². The number of nitrogens with zero attached hydrogens (tertiary/aromatic N) is 2. The fourth-order valence-electron chi connectivity index (χ4n) is 2.73. The maximum absolute atomic E-state index is 13.0. The largest absolute Gasteiger partial charge is 0.342 e. The first-order chi connectivity index (χ1) is 12.9. The Morgan fingerprint density at radius 2 is 1.89 bits per heavy atom. The molecule has 1 aromatic heterocycles. The van der Waals surface area contributed by atoms with Crippen LogP contribution < -0.4 is 0 Å². The molecule has 0 atom stereocenters. The SMILES string of the molecule is CN(CCCc1cc(-c2ccc(F)cc2)n[nH]1)C(=O)c1ccc(Cl)cc1Cl. The second-order valence-corrected chi connectivity index (χ2v) is 7.08. The summed E-state index contributed by atoms with van der Waals surface area (Å²) in [4.78, 5) is 14.1. The first-order valence-electron chi connectivity index (χ1n) is 8.45. The van der Waals surface area contributed by atoms with Gasteiger partial charge in [-0.3, -0.25) is 9.89 Å². The van der Waals surface area contributed by atoms with E-state index in [0.717, 1.165) is 29.8 Å². The third kappa shape index (κ3) is 4.87. The van der Waals surface area contributed by atoms with Crippen molar-refractivity contribution in [2.45, 2.75) is 12.8 Å². The van der Waals surface area contributed by atoms with E-state index in [2.05, 4.69) is 10.2 Å². The summed E-state index contributed by atoms with van der Waals surface area (Å²) in [5, 5.41) is 8.08. The second kappa shape index (κ2) is 8.55. The van der Waals surface area contributed by atoms with E-state index in [1.54, 1.807) is 42.3 Å². The van der Waals surface area contributed by atoms with Crippen LogP contribution >= 0.6 is 23.2 Å². The zero-order valence-electron chi connectivity index (χ0n) is 14.7. The lowest BCUT2D eigenvalue weighted by Gasteiger charge is -2.17. The summed E-state index contributed by atoms with van der Waals surface area (Å²) < 4.78 is 13.0. The molecule has 3 rings (SSSR count). The van der Waals surface area contributed by atoms with Gasteiger partial charge in [0, 0.05) is 29.9 Å². The third-order valence-corrected chi connectivity index (χ3v) is 4.77. The molecule has 1 amide bonds. The number of benzene rings is 2. The molecule has 0 saturated carbocycles. The second-order valence-electron chi connectivity index (χ2n) is 6.24. The summed E-state index contributed by atoms with van der Waals surface area (Å²) in [7, 11) is 1.74. The Morgan fingerprint density at radius 3 is 2.59 bits per heavy atom. The van der Waals surface area contributed by atoms with Crippen LogP contribution in [-0.2, 0) is 6.42 Å². The van der Waals surface area contributed by atoms with E-state index in [0.29, 0.717) is 22.2 Å². The average Bonchev–Trinajstić information content (AvgIpc) is 3.10. The van der Waals surface area contributed by atoms with Crippen LogP contribution in [0.2, 0.25) is 10.0 Å². The first-order valence-corrected chi connectivity index (χ1v) is 9.20. The molecule has 1 heterocycles. The maximum Gasteiger partial charge on any atom is 0.255 e. The van der Waals surface area contributed by atoms with E-state index in [1.165, 1.54) is 12.1 Å². The van der Waals surface area contributed by atoms with Crippen LogP contribution in [0.3, 0.4) is 0 Å². The van der Waals surface area contributed by atoms with Crippen LogP contribution in [0.4, 0.5) is 4.39 Å². The van der Waals surface area contributed by atoms with Crippen molar-refractivity contribution in [1.82, 2.24) is 15.1 Å².